The molecule has 6 heavy (non-hydrogen) atoms. The van der Waals surface area contributed by atoms with Crippen molar-refractivity contribution in [2.45, 2.75) is 19.4 Å². The van der Waals surface area contributed by atoms with Gasteiger partial charge in [-0.15, -0.1) is 0 Å². The Kier molecular flexibility index (Phi) is 2.01. The molecule has 0 saturated heterocycles. The summed E-state index contributed by atoms with van der Waals surface area (Å²) in [5.74, 6) is 0. The second-order valence-corrected chi connectivity index (χ2v) is 3.47. The smallest absolute Gasteiger partial charge is 0.347 e. The molecule has 0 aromatic carbocycles. The monoisotopic (exact) mass is 103 g/mol. The molecule has 0 aromatic rings. The molecule has 0 bridgehead atoms. The number of hydrogen-bond donors (Lipinski definition) is 2. The van der Waals surface area contributed by atoms with Crippen molar-refractivity contribution in [3.63, 3.8) is 0 Å². The van der Waals surface area contributed by atoms with Crippen LogP contribution < -0.4 is 0 Å². The van der Waals surface area contributed by atoms with E-state index in [0.29, 0.717) is 0 Å². The first kappa shape index (κ1) is 5.82. The number of nitrogens with one attached hydrogen (secondary N) is 1. The highest BCUT2D eigenvalue weighted by Gasteiger charge is 1.98. The molecular formula is C3H9NOSi. The van der Waals surface area contributed by atoms with Gasteiger partial charge in [0.1, 0.15) is 0 Å². The molecule has 0 aliphatic rings. The third-order valence-corrected chi connectivity index (χ3v) is 1.64. The minimum Gasteiger partial charge on any atom is -0.553 e. The van der Waals surface area contributed by atoms with Crippen molar-refractivity contribution in [2.75, 3.05) is 0 Å². The largest absolute Gasteiger partial charge is 0.553 e. The second-order valence-electron chi connectivity index (χ2n) is 1.54. The van der Waals surface area contributed by atoms with Crippen molar-refractivity contribution in [2.24, 2.45) is 0 Å². The molecule has 2 nitrogen and oxygen atoms in total. The van der Waals surface area contributed by atoms with Crippen LogP contribution in [0.1, 0.15) is 13.8 Å². The van der Waals surface area contributed by atoms with Crippen LogP contribution in [-0.2, 0) is 0 Å². The molecule has 0 unspecified atom stereocenters. The molecule has 36 valence electrons. The summed E-state index contributed by atoms with van der Waals surface area (Å²) in [6.45, 7) is 3.70. The van der Waals surface area contributed by atoms with Gasteiger partial charge in [-0.3, -0.25) is 0 Å². The highest BCUT2D eigenvalue weighted by Crippen LogP contribution is 1.95. The Labute approximate surface area is 39.1 Å². The second kappa shape index (κ2) is 2.07. The van der Waals surface area contributed by atoms with Gasteiger partial charge < -0.3 is 9.85 Å². The van der Waals surface area contributed by atoms with Gasteiger partial charge in [-0.2, -0.15) is 0 Å². The Balaban J connectivity index is 3.26. The average Bonchev–Trinajstić information content (AvgIpc) is 1.36. The van der Waals surface area contributed by atoms with E-state index in [2.05, 4.69) is 0 Å². The van der Waals surface area contributed by atoms with Gasteiger partial charge in [0.15, 0.2) is 0 Å². The van der Waals surface area contributed by atoms with Crippen molar-refractivity contribution >= 4 is 8.83 Å². The molecular weight excluding hydrogens is 94.1 g/mol. The maximum atomic E-state index is 8.40. The van der Waals surface area contributed by atoms with Gasteiger partial charge in [0, 0.05) is 5.54 Å². The Bertz CT molecular complexity index is 61.8. The van der Waals surface area contributed by atoms with Crippen LogP contribution in [0.3, 0.4) is 0 Å². The Morgan fingerprint density at radius 3 is 1.83 bits per heavy atom. The lowest BCUT2D eigenvalue weighted by Gasteiger charge is -1.90. The van der Waals surface area contributed by atoms with E-state index in [1.807, 2.05) is 13.8 Å². The maximum absolute atomic E-state index is 8.40. The molecule has 0 heterocycles. The van der Waals surface area contributed by atoms with E-state index < -0.39 is 8.83 Å². The Morgan fingerprint density at radius 2 is 1.83 bits per heavy atom. The minimum atomic E-state index is -1.70. The minimum absolute atomic E-state index is 0.176. The summed E-state index contributed by atoms with van der Waals surface area (Å²) in [5, 5.41) is 6.69. The van der Waals surface area contributed by atoms with E-state index >= 15 is 0 Å². The molecule has 3 heteroatoms. The predicted octanol–water partition coefficient (Wildman–Crippen LogP) is 0.724. The van der Waals surface area contributed by atoms with Crippen molar-refractivity contribution in [1.29, 1.82) is 5.05 Å². The molecule has 0 atom stereocenters. The zero-order valence-electron chi connectivity index (χ0n) is 4.02. The molecule has 0 fully saturated rings. The molecule has 0 amide bonds. The lowest BCUT2D eigenvalue weighted by Crippen LogP contribution is -1.99. The summed E-state index contributed by atoms with van der Waals surface area (Å²) in [7, 11) is -1.70. The van der Waals surface area contributed by atoms with Gasteiger partial charge in [0.05, 0.1) is 0 Å². The van der Waals surface area contributed by atoms with Gasteiger partial charge in [0.2, 0.25) is 0 Å². The molecule has 0 aliphatic carbocycles. The summed E-state index contributed by atoms with van der Waals surface area (Å²) in [6.07, 6.45) is 0. The first-order valence-corrected chi connectivity index (χ1v) is 3.44. The van der Waals surface area contributed by atoms with Gasteiger partial charge in [-0.1, -0.05) is 13.8 Å². The highest BCUT2D eigenvalue weighted by molar-refractivity contribution is 6.36. The van der Waals surface area contributed by atoms with E-state index in [4.69, 9.17) is 9.85 Å². The van der Waals surface area contributed by atoms with Gasteiger partial charge in [0.25, 0.3) is 0 Å². The highest BCUT2D eigenvalue weighted by atomic mass is 28.3. The fourth-order valence-corrected chi connectivity index (χ4v) is 0. The van der Waals surface area contributed by atoms with Crippen molar-refractivity contribution in [1.82, 2.24) is 0 Å². The number of hydrogen-bond acceptors (Lipinski definition) is 1. The Hall–Kier alpha value is -0.183. The lowest BCUT2D eigenvalue weighted by molar-refractivity contribution is 0.565. The zero-order chi connectivity index (χ0) is 5.15. The predicted molar refractivity (Wildman–Crippen MR) is 25.8 cm³/mol. The fraction of sp³-hybridized carbons (Fsp3) is 1.00. The topological polar surface area (TPSA) is 44.1 Å². The van der Waals surface area contributed by atoms with Crippen LogP contribution in [0, 0.1) is 5.05 Å². The van der Waals surface area contributed by atoms with E-state index in [-0.39, 0.29) is 5.54 Å². The van der Waals surface area contributed by atoms with Crippen LogP contribution >= 0.6 is 0 Å². The van der Waals surface area contributed by atoms with Gasteiger partial charge in [-0.25, -0.2) is 0 Å². The van der Waals surface area contributed by atoms with Crippen molar-refractivity contribution in [3.05, 3.63) is 0 Å². The average molecular weight is 103 g/mol. The normalized spacial score (nSPS) is 9.17. The Morgan fingerprint density at radius 1 is 1.67 bits per heavy atom. The van der Waals surface area contributed by atoms with Crippen LogP contribution in [0.15, 0.2) is 0 Å². The molecule has 0 rings (SSSR count). The molecule has 2 N–H and O–H groups in total. The van der Waals surface area contributed by atoms with Crippen molar-refractivity contribution < 1.29 is 4.80 Å². The van der Waals surface area contributed by atoms with Gasteiger partial charge >= 0.3 is 8.83 Å². The van der Waals surface area contributed by atoms with Crippen LogP contribution in [0.25, 0.3) is 0 Å². The summed E-state index contributed by atoms with van der Waals surface area (Å²) < 4.78 is 0. The molecule has 0 aromatic heterocycles. The molecule has 0 saturated carbocycles. The van der Waals surface area contributed by atoms with E-state index in [9.17, 15) is 0 Å². The third-order valence-electron chi connectivity index (χ3n) is 0.547. The summed E-state index contributed by atoms with van der Waals surface area (Å²) in [5.41, 5.74) is 0.176. The summed E-state index contributed by atoms with van der Waals surface area (Å²) >= 11 is 0. The lowest BCUT2D eigenvalue weighted by atomic mass is 10.6. The van der Waals surface area contributed by atoms with Crippen LogP contribution in [0.4, 0.5) is 0 Å². The third kappa shape index (κ3) is 2.08. The summed E-state index contributed by atoms with van der Waals surface area (Å²) in [6, 6.07) is 0. The van der Waals surface area contributed by atoms with E-state index in [1.165, 1.54) is 0 Å². The zero-order valence-corrected chi connectivity index (χ0v) is 5.02. The van der Waals surface area contributed by atoms with Crippen LogP contribution in [0.2, 0.25) is 5.54 Å². The quantitative estimate of drug-likeness (QED) is 0.472. The first-order valence-electron chi connectivity index (χ1n) is 1.92. The standard InChI is InChI=1S/C3H9NOSi/c1-3(2)6(4)5/h3-5H,1-2H3. The SMILES string of the molecule is CC(C)[Si](=N)O. The van der Waals surface area contributed by atoms with Crippen LogP contribution in [0.5, 0.6) is 0 Å². The molecule has 0 aliphatic heterocycles. The number of rotatable bonds is 1. The summed E-state index contributed by atoms with van der Waals surface area (Å²) in [4.78, 5) is 8.40. The fourth-order valence-electron chi connectivity index (χ4n) is 0. The molecule has 0 radical (unpaired) electrons. The van der Waals surface area contributed by atoms with Gasteiger partial charge in [-0.05, 0) is 0 Å². The molecule has 0 spiro atoms. The maximum Gasteiger partial charge on any atom is 0.347 e. The van der Waals surface area contributed by atoms with E-state index in [0.717, 1.165) is 0 Å². The van der Waals surface area contributed by atoms with Crippen molar-refractivity contribution in [3.8, 4) is 0 Å². The first-order chi connectivity index (χ1) is 2.64. The van der Waals surface area contributed by atoms with Crippen LogP contribution in [-0.4, -0.2) is 13.6 Å². The van der Waals surface area contributed by atoms with E-state index in [1.54, 1.807) is 0 Å².